The van der Waals surface area contributed by atoms with Crippen LogP contribution in [0.15, 0.2) is 29.4 Å². The molecular formula is C11H15NO3S. The van der Waals surface area contributed by atoms with Crippen LogP contribution in [-0.2, 0) is 14.6 Å². The Bertz CT molecular complexity index is 424. The molecule has 0 aliphatic carbocycles. The van der Waals surface area contributed by atoms with Crippen LogP contribution < -0.4 is 0 Å². The Morgan fingerprint density at radius 2 is 2.25 bits per heavy atom. The van der Waals surface area contributed by atoms with E-state index in [-0.39, 0.29) is 16.9 Å². The zero-order valence-electron chi connectivity index (χ0n) is 9.00. The molecule has 1 aliphatic rings. The first kappa shape index (κ1) is 11.5. The van der Waals surface area contributed by atoms with Crippen molar-refractivity contribution in [1.82, 2.24) is 4.98 Å². The Kier molecular flexibility index (Phi) is 3.56. The van der Waals surface area contributed by atoms with E-state index in [9.17, 15) is 8.42 Å². The van der Waals surface area contributed by atoms with Gasteiger partial charge in [0.05, 0.1) is 11.9 Å². The van der Waals surface area contributed by atoms with Gasteiger partial charge in [-0.2, -0.15) is 0 Å². The molecule has 88 valence electrons. The molecule has 1 aliphatic heterocycles. The molecule has 0 amide bonds. The maximum absolute atomic E-state index is 12.0. The summed E-state index contributed by atoms with van der Waals surface area (Å²) in [6, 6.07) is 4.91. The number of pyridine rings is 1. The molecule has 16 heavy (non-hydrogen) atoms. The van der Waals surface area contributed by atoms with Crippen LogP contribution in [-0.4, -0.2) is 31.9 Å². The van der Waals surface area contributed by atoms with Gasteiger partial charge in [-0.1, -0.05) is 6.07 Å². The lowest BCUT2D eigenvalue weighted by atomic mass is 10.1. The molecule has 4 nitrogen and oxygen atoms in total. The van der Waals surface area contributed by atoms with E-state index in [4.69, 9.17) is 4.74 Å². The highest BCUT2D eigenvalue weighted by atomic mass is 32.2. The summed E-state index contributed by atoms with van der Waals surface area (Å²) in [7, 11) is -3.30. The number of hydrogen-bond acceptors (Lipinski definition) is 4. The van der Waals surface area contributed by atoms with Crippen LogP contribution in [0.5, 0.6) is 0 Å². The lowest BCUT2D eigenvalue weighted by Crippen LogP contribution is -2.28. The van der Waals surface area contributed by atoms with Gasteiger partial charge in [0.2, 0.25) is 0 Å². The van der Waals surface area contributed by atoms with Gasteiger partial charge in [-0.3, -0.25) is 0 Å². The summed E-state index contributed by atoms with van der Waals surface area (Å²) in [5.74, 6) is 0.0456. The van der Waals surface area contributed by atoms with Gasteiger partial charge in [0.1, 0.15) is 0 Å². The average molecular weight is 241 g/mol. The molecule has 0 aromatic carbocycles. The zero-order chi connectivity index (χ0) is 11.4. The Morgan fingerprint density at radius 3 is 2.88 bits per heavy atom. The monoisotopic (exact) mass is 241 g/mol. The van der Waals surface area contributed by atoms with E-state index in [0.717, 1.165) is 19.3 Å². The molecule has 1 saturated heterocycles. The predicted octanol–water partition coefficient (Wildman–Crippen LogP) is 1.42. The molecule has 0 saturated carbocycles. The summed E-state index contributed by atoms with van der Waals surface area (Å²) < 4.78 is 29.3. The van der Waals surface area contributed by atoms with Crippen LogP contribution >= 0.6 is 0 Å². The molecule has 0 spiro atoms. The van der Waals surface area contributed by atoms with Crippen LogP contribution in [0.25, 0.3) is 0 Å². The van der Waals surface area contributed by atoms with E-state index in [1.54, 1.807) is 12.1 Å². The van der Waals surface area contributed by atoms with E-state index in [1.165, 1.54) is 12.3 Å². The molecule has 1 atom stereocenters. The average Bonchev–Trinajstić information content (AvgIpc) is 2.31. The van der Waals surface area contributed by atoms with Crippen molar-refractivity contribution in [3.8, 4) is 0 Å². The Labute approximate surface area is 95.6 Å². The third kappa shape index (κ3) is 2.80. The molecule has 0 N–H and O–H groups in total. The van der Waals surface area contributed by atoms with Crippen molar-refractivity contribution in [3.63, 3.8) is 0 Å². The third-order valence-corrected chi connectivity index (χ3v) is 4.33. The minimum Gasteiger partial charge on any atom is -0.377 e. The summed E-state index contributed by atoms with van der Waals surface area (Å²) in [4.78, 5) is 3.87. The fraction of sp³-hybridized carbons (Fsp3) is 0.545. The SMILES string of the molecule is O=S(=O)(CC1CCCCO1)c1ccccn1. The van der Waals surface area contributed by atoms with Crippen molar-refractivity contribution in [2.75, 3.05) is 12.4 Å². The molecule has 1 aromatic heterocycles. The highest BCUT2D eigenvalue weighted by Gasteiger charge is 2.24. The Balaban J connectivity index is 2.08. The molecule has 1 unspecified atom stereocenters. The van der Waals surface area contributed by atoms with E-state index in [2.05, 4.69) is 4.98 Å². The van der Waals surface area contributed by atoms with Gasteiger partial charge in [0.25, 0.3) is 0 Å². The fourth-order valence-corrected chi connectivity index (χ4v) is 3.23. The largest absolute Gasteiger partial charge is 0.377 e. The first-order valence-corrected chi connectivity index (χ1v) is 7.09. The first-order chi connectivity index (χ1) is 7.68. The van der Waals surface area contributed by atoms with E-state index < -0.39 is 9.84 Å². The van der Waals surface area contributed by atoms with Gasteiger partial charge in [-0.05, 0) is 31.4 Å². The maximum atomic E-state index is 12.0. The van der Waals surface area contributed by atoms with E-state index in [1.807, 2.05) is 0 Å². The van der Waals surface area contributed by atoms with Crippen molar-refractivity contribution >= 4 is 9.84 Å². The van der Waals surface area contributed by atoms with Gasteiger partial charge in [-0.15, -0.1) is 0 Å². The van der Waals surface area contributed by atoms with E-state index >= 15 is 0 Å². The molecule has 1 aromatic rings. The number of ether oxygens (including phenoxy) is 1. The molecular weight excluding hydrogens is 226 g/mol. The van der Waals surface area contributed by atoms with Gasteiger partial charge in [-0.25, -0.2) is 13.4 Å². The van der Waals surface area contributed by atoms with Crippen molar-refractivity contribution in [2.24, 2.45) is 0 Å². The number of nitrogens with zero attached hydrogens (tertiary/aromatic N) is 1. The van der Waals surface area contributed by atoms with Gasteiger partial charge >= 0.3 is 0 Å². The summed E-state index contributed by atoms with van der Waals surface area (Å²) in [5, 5.41) is 0.143. The van der Waals surface area contributed by atoms with Crippen molar-refractivity contribution in [2.45, 2.75) is 30.4 Å². The molecule has 2 heterocycles. The van der Waals surface area contributed by atoms with Crippen LogP contribution in [0.3, 0.4) is 0 Å². The standard InChI is InChI=1S/C11H15NO3S/c13-16(14,11-6-1-3-7-12-11)9-10-5-2-4-8-15-10/h1,3,6-7,10H,2,4-5,8-9H2. The second-order valence-corrected chi connectivity index (χ2v) is 5.92. The fourth-order valence-electron chi connectivity index (χ4n) is 1.80. The highest BCUT2D eigenvalue weighted by Crippen LogP contribution is 2.17. The lowest BCUT2D eigenvalue weighted by molar-refractivity contribution is 0.0305. The summed E-state index contributed by atoms with van der Waals surface area (Å²) in [6.45, 7) is 0.669. The van der Waals surface area contributed by atoms with Gasteiger partial charge in [0.15, 0.2) is 14.9 Å². The minimum absolute atomic E-state index is 0.0456. The second kappa shape index (κ2) is 4.93. The summed E-state index contributed by atoms with van der Waals surface area (Å²) >= 11 is 0. The predicted molar refractivity (Wildman–Crippen MR) is 59.9 cm³/mol. The van der Waals surface area contributed by atoms with Crippen molar-refractivity contribution in [3.05, 3.63) is 24.4 Å². The number of aromatic nitrogens is 1. The second-order valence-electron chi connectivity index (χ2n) is 3.94. The molecule has 5 heteroatoms. The molecule has 1 fully saturated rings. The Morgan fingerprint density at radius 1 is 1.38 bits per heavy atom. The number of sulfone groups is 1. The van der Waals surface area contributed by atoms with Crippen LogP contribution in [0.4, 0.5) is 0 Å². The van der Waals surface area contributed by atoms with E-state index in [0.29, 0.717) is 6.61 Å². The lowest BCUT2D eigenvalue weighted by Gasteiger charge is -2.21. The van der Waals surface area contributed by atoms with Crippen LogP contribution in [0, 0.1) is 0 Å². The topological polar surface area (TPSA) is 56.3 Å². The highest BCUT2D eigenvalue weighted by molar-refractivity contribution is 7.91. The maximum Gasteiger partial charge on any atom is 0.198 e. The van der Waals surface area contributed by atoms with Gasteiger partial charge < -0.3 is 4.74 Å². The summed E-state index contributed by atoms with van der Waals surface area (Å²) in [6.07, 6.45) is 4.23. The molecule has 0 bridgehead atoms. The molecule has 2 rings (SSSR count). The van der Waals surface area contributed by atoms with Crippen molar-refractivity contribution < 1.29 is 13.2 Å². The smallest absolute Gasteiger partial charge is 0.198 e. The number of rotatable bonds is 3. The number of hydrogen-bond donors (Lipinski definition) is 0. The quantitative estimate of drug-likeness (QED) is 0.803. The van der Waals surface area contributed by atoms with Gasteiger partial charge in [0, 0.05) is 12.8 Å². The minimum atomic E-state index is -3.30. The Hall–Kier alpha value is -0.940. The zero-order valence-corrected chi connectivity index (χ0v) is 9.82. The van der Waals surface area contributed by atoms with Crippen LogP contribution in [0.1, 0.15) is 19.3 Å². The normalized spacial score (nSPS) is 21.9. The van der Waals surface area contributed by atoms with Crippen LogP contribution in [0.2, 0.25) is 0 Å². The summed E-state index contributed by atoms with van der Waals surface area (Å²) in [5.41, 5.74) is 0. The first-order valence-electron chi connectivity index (χ1n) is 5.44. The third-order valence-electron chi connectivity index (χ3n) is 2.64. The van der Waals surface area contributed by atoms with Crippen molar-refractivity contribution in [1.29, 1.82) is 0 Å². The molecule has 0 radical (unpaired) electrons.